The zero-order valence-electron chi connectivity index (χ0n) is 15.6. The van der Waals surface area contributed by atoms with Crippen molar-refractivity contribution in [2.75, 3.05) is 21.2 Å². The number of nitrogens with zero attached hydrogens (tertiary/aromatic N) is 2. The fourth-order valence-corrected chi connectivity index (χ4v) is 4.24. The van der Waals surface area contributed by atoms with E-state index in [1.54, 1.807) is 26.3 Å². The minimum absolute atomic E-state index is 0.0883. The quantitative estimate of drug-likeness (QED) is 0.827. The van der Waals surface area contributed by atoms with Gasteiger partial charge < -0.3 is 24.8 Å². The molecular weight excluding hydrogens is 346 g/mol. The number of aliphatic hydroxyl groups is 1. The molecule has 27 heavy (non-hydrogen) atoms. The number of ether oxygens (including phenoxy) is 2. The lowest BCUT2D eigenvalue weighted by Gasteiger charge is -2.37. The third kappa shape index (κ3) is 2.57. The molecule has 0 bridgehead atoms. The Morgan fingerprint density at radius 3 is 2.56 bits per heavy atom. The fourth-order valence-electron chi connectivity index (χ4n) is 4.24. The van der Waals surface area contributed by atoms with Gasteiger partial charge in [-0.15, -0.1) is 0 Å². The van der Waals surface area contributed by atoms with Gasteiger partial charge >= 0.3 is 0 Å². The number of rotatable bonds is 3. The van der Waals surface area contributed by atoms with E-state index < -0.39 is 17.1 Å². The number of ketones is 1. The smallest absolute Gasteiger partial charge is 0.275 e. The van der Waals surface area contributed by atoms with Crippen LogP contribution in [0.2, 0.25) is 0 Å². The standard InChI is InChI=1S/C20H23N3O4/c1-21-17-22-20(25)19(23(17)2,12-14-4-6-16(26-3)7-5-14)13-18(27-20)10-8-15(24)9-11-18/h4-11,25H,12-13H2,1-3H3,(H,21,22)/t19-,20?/m1/s1. The van der Waals surface area contributed by atoms with Crippen LogP contribution in [0, 0.1) is 0 Å². The lowest BCUT2D eigenvalue weighted by molar-refractivity contribution is -0.236. The van der Waals surface area contributed by atoms with Crippen molar-refractivity contribution in [3.8, 4) is 5.75 Å². The first kappa shape index (κ1) is 17.8. The van der Waals surface area contributed by atoms with Gasteiger partial charge in [-0.1, -0.05) is 12.1 Å². The molecule has 2 N–H and O–H groups in total. The number of hydrogen-bond acceptors (Lipinski definition) is 5. The van der Waals surface area contributed by atoms with E-state index in [0.717, 1.165) is 11.3 Å². The van der Waals surface area contributed by atoms with Crippen LogP contribution in [0.25, 0.3) is 0 Å². The lowest BCUT2D eigenvalue weighted by Crippen LogP contribution is -2.58. The number of aliphatic imine (C=N–C) groups is 1. The van der Waals surface area contributed by atoms with E-state index in [9.17, 15) is 9.90 Å². The second-order valence-corrected chi connectivity index (χ2v) is 7.23. The lowest BCUT2D eigenvalue weighted by atomic mass is 9.79. The first-order valence-electron chi connectivity index (χ1n) is 8.82. The highest BCUT2D eigenvalue weighted by atomic mass is 16.7. The molecule has 1 aromatic carbocycles. The number of carbonyl (C=O) groups is 1. The number of guanidine groups is 1. The summed E-state index contributed by atoms with van der Waals surface area (Å²) >= 11 is 0. The number of likely N-dealkylation sites (N-methyl/N-ethyl adjacent to an activating group) is 1. The van der Waals surface area contributed by atoms with Gasteiger partial charge in [-0.25, -0.2) is 0 Å². The number of nitrogens with one attached hydrogen (secondary N) is 1. The Balaban J connectivity index is 1.75. The molecule has 2 atom stereocenters. The van der Waals surface area contributed by atoms with Gasteiger partial charge in [0.25, 0.3) is 5.91 Å². The summed E-state index contributed by atoms with van der Waals surface area (Å²) in [5.41, 5.74) is -0.623. The summed E-state index contributed by atoms with van der Waals surface area (Å²) in [5.74, 6) is -0.405. The van der Waals surface area contributed by atoms with Crippen LogP contribution in [0.1, 0.15) is 12.0 Å². The highest BCUT2D eigenvalue weighted by Gasteiger charge is 2.70. The van der Waals surface area contributed by atoms with Crippen molar-refractivity contribution in [2.45, 2.75) is 29.9 Å². The Morgan fingerprint density at radius 2 is 1.96 bits per heavy atom. The first-order chi connectivity index (χ1) is 12.9. The number of carbonyl (C=O) groups excluding carboxylic acids is 1. The van der Waals surface area contributed by atoms with Crippen molar-refractivity contribution in [3.05, 3.63) is 54.1 Å². The molecule has 7 nitrogen and oxygen atoms in total. The van der Waals surface area contributed by atoms with Crippen LogP contribution in [0.5, 0.6) is 5.75 Å². The molecule has 4 rings (SSSR count). The molecule has 7 heteroatoms. The summed E-state index contributed by atoms with van der Waals surface area (Å²) in [5, 5.41) is 14.5. The van der Waals surface area contributed by atoms with Crippen molar-refractivity contribution >= 4 is 11.7 Å². The van der Waals surface area contributed by atoms with E-state index in [2.05, 4.69) is 10.3 Å². The molecule has 0 saturated carbocycles. The monoisotopic (exact) mass is 369 g/mol. The van der Waals surface area contributed by atoms with E-state index in [1.807, 2.05) is 36.2 Å². The van der Waals surface area contributed by atoms with E-state index >= 15 is 0 Å². The Hall–Kier alpha value is -2.64. The minimum Gasteiger partial charge on any atom is -0.497 e. The summed E-state index contributed by atoms with van der Waals surface area (Å²) in [6.07, 6.45) is 7.40. The minimum atomic E-state index is -1.65. The molecular formula is C20H23N3O4. The average Bonchev–Trinajstić information content (AvgIpc) is 3.01. The van der Waals surface area contributed by atoms with Crippen molar-refractivity contribution in [1.82, 2.24) is 10.2 Å². The molecule has 3 aliphatic rings. The van der Waals surface area contributed by atoms with Crippen LogP contribution in [-0.2, 0) is 16.0 Å². The Kier molecular flexibility index (Phi) is 3.90. The van der Waals surface area contributed by atoms with Gasteiger partial charge in [0.05, 0.1) is 7.11 Å². The zero-order chi connectivity index (χ0) is 19.3. The van der Waals surface area contributed by atoms with Gasteiger partial charge in [0.1, 0.15) is 16.9 Å². The Labute approximate surface area is 158 Å². The molecule has 0 radical (unpaired) electrons. The highest BCUT2D eigenvalue weighted by molar-refractivity contribution is 6.00. The predicted octanol–water partition coefficient (Wildman–Crippen LogP) is 0.998. The first-order valence-corrected chi connectivity index (χ1v) is 8.82. The highest BCUT2D eigenvalue weighted by Crippen LogP contribution is 2.52. The second kappa shape index (κ2) is 5.94. The van der Waals surface area contributed by atoms with Crippen LogP contribution >= 0.6 is 0 Å². The molecule has 142 valence electrons. The van der Waals surface area contributed by atoms with Gasteiger partial charge in [-0.2, -0.15) is 0 Å². The van der Waals surface area contributed by atoms with Crippen LogP contribution in [0.3, 0.4) is 0 Å². The maximum Gasteiger partial charge on any atom is 0.275 e. The van der Waals surface area contributed by atoms with Gasteiger partial charge in [-0.3, -0.25) is 9.79 Å². The summed E-state index contributed by atoms with van der Waals surface area (Å²) in [7, 11) is 5.18. The van der Waals surface area contributed by atoms with Crippen molar-refractivity contribution in [2.24, 2.45) is 4.99 Å². The van der Waals surface area contributed by atoms with E-state index in [1.165, 1.54) is 12.2 Å². The van der Waals surface area contributed by atoms with Crippen molar-refractivity contribution in [1.29, 1.82) is 0 Å². The number of hydrogen-bond donors (Lipinski definition) is 2. The SMILES string of the molecule is CN=C1NC2(O)OC3(C=CC(=O)C=C3)C[C@@]2(Cc2ccc(OC)cc2)N1C. The summed E-state index contributed by atoms with van der Waals surface area (Å²) < 4.78 is 11.4. The van der Waals surface area contributed by atoms with E-state index in [0.29, 0.717) is 18.8 Å². The molecule has 1 unspecified atom stereocenters. The number of benzene rings is 1. The van der Waals surface area contributed by atoms with Crippen LogP contribution in [0.15, 0.2) is 53.6 Å². The van der Waals surface area contributed by atoms with E-state index in [-0.39, 0.29) is 5.78 Å². The number of methoxy groups -OCH3 is 1. The van der Waals surface area contributed by atoms with Gasteiger partial charge in [0.2, 0.25) is 0 Å². The van der Waals surface area contributed by atoms with Gasteiger partial charge in [0.15, 0.2) is 11.7 Å². The topological polar surface area (TPSA) is 83.4 Å². The largest absolute Gasteiger partial charge is 0.497 e. The van der Waals surface area contributed by atoms with Crippen molar-refractivity contribution in [3.63, 3.8) is 0 Å². The third-order valence-corrected chi connectivity index (χ3v) is 5.71. The summed E-state index contributed by atoms with van der Waals surface area (Å²) in [6, 6.07) is 7.74. The van der Waals surface area contributed by atoms with E-state index in [4.69, 9.17) is 9.47 Å². The molecule has 2 saturated heterocycles. The molecule has 2 fully saturated rings. The Morgan fingerprint density at radius 1 is 1.30 bits per heavy atom. The van der Waals surface area contributed by atoms with Crippen molar-refractivity contribution < 1.29 is 19.4 Å². The second-order valence-electron chi connectivity index (χ2n) is 7.23. The molecule has 1 aliphatic carbocycles. The fraction of sp³-hybridized carbons (Fsp3) is 0.400. The number of fused-ring (bicyclic) bond motifs is 1. The third-order valence-electron chi connectivity index (χ3n) is 5.71. The average molecular weight is 369 g/mol. The summed E-state index contributed by atoms with van der Waals surface area (Å²) in [6.45, 7) is 0. The van der Waals surface area contributed by atoms with Crippen LogP contribution in [-0.4, -0.2) is 60.0 Å². The van der Waals surface area contributed by atoms with Gasteiger partial charge in [-0.05, 0) is 42.0 Å². The maximum atomic E-state index is 11.6. The van der Waals surface area contributed by atoms with Crippen LogP contribution < -0.4 is 10.1 Å². The predicted molar refractivity (Wildman–Crippen MR) is 100 cm³/mol. The van der Waals surface area contributed by atoms with Crippen LogP contribution in [0.4, 0.5) is 0 Å². The Bertz CT molecular complexity index is 844. The maximum absolute atomic E-state index is 11.6. The molecule has 0 aromatic heterocycles. The van der Waals surface area contributed by atoms with Gasteiger partial charge in [0, 0.05) is 26.9 Å². The molecule has 2 heterocycles. The molecule has 1 aromatic rings. The molecule has 1 spiro atoms. The normalized spacial score (nSPS) is 32.2. The molecule has 0 amide bonds. The zero-order valence-corrected chi connectivity index (χ0v) is 15.6. The summed E-state index contributed by atoms with van der Waals surface area (Å²) in [4.78, 5) is 17.7. The molecule has 2 aliphatic heterocycles. The number of allylic oxidation sites excluding steroid dienone is 2.